The number of carbonyl (C=O) groups is 1. The average Bonchev–Trinajstić information content (AvgIpc) is 3.16. The molecule has 1 heterocycles. The van der Waals surface area contributed by atoms with E-state index in [4.69, 9.17) is 21.1 Å². The monoisotopic (exact) mass is 498 g/mol. The molecule has 0 saturated carbocycles. The molecule has 0 radical (unpaired) electrons. The van der Waals surface area contributed by atoms with Crippen molar-refractivity contribution in [1.29, 1.82) is 0 Å². The molecule has 2 aromatic carbocycles. The fourth-order valence-electron chi connectivity index (χ4n) is 2.86. The van der Waals surface area contributed by atoms with E-state index in [1.54, 1.807) is 12.1 Å². The number of rotatable bonds is 8. The van der Waals surface area contributed by atoms with Gasteiger partial charge in [0.25, 0.3) is 15.9 Å². The SMILES string of the molecule is CCOc1ccc(N(C)S(=O)(=O)c2cc(Cl)sc2C(=O)Nc2cccc(F)c2)cc1OC. The van der Waals surface area contributed by atoms with Crippen LogP contribution in [0.2, 0.25) is 4.34 Å². The van der Waals surface area contributed by atoms with Gasteiger partial charge in [0.1, 0.15) is 15.6 Å². The maximum Gasteiger partial charge on any atom is 0.267 e. The Hall–Kier alpha value is -2.82. The van der Waals surface area contributed by atoms with E-state index in [1.165, 1.54) is 44.5 Å². The second kappa shape index (κ2) is 9.76. The zero-order chi connectivity index (χ0) is 23.5. The van der Waals surface area contributed by atoms with Crippen LogP contribution in [-0.2, 0) is 10.0 Å². The predicted molar refractivity (Wildman–Crippen MR) is 123 cm³/mol. The van der Waals surface area contributed by atoms with Crippen LogP contribution in [0.5, 0.6) is 11.5 Å². The lowest BCUT2D eigenvalue weighted by molar-refractivity contribution is 0.102. The van der Waals surface area contributed by atoms with Crippen LogP contribution in [0.1, 0.15) is 16.6 Å². The number of methoxy groups -OCH3 is 1. The number of thiophene rings is 1. The van der Waals surface area contributed by atoms with Gasteiger partial charge in [-0.15, -0.1) is 11.3 Å². The Kier molecular flexibility index (Phi) is 7.27. The lowest BCUT2D eigenvalue weighted by Gasteiger charge is -2.21. The molecule has 11 heteroatoms. The van der Waals surface area contributed by atoms with E-state index in [1.807, 2.05) is 6.92 Å². The Morgan fingerprint density at radius 2 is 1.94 bits per heavy atom. The van der Waals surface area contributed by atoms with Crippen LogP contribution in [0.4, 0.5) is 15.8 Å². The van der Waals surface area contributed by atoms with E-state index in [0.717, 1.165) is 21.7 Å². The smallest absolute Gasteiger partial charge is 0.267 e. The first-order valence-electron chi connectivity index (χ1n) is 9.33. The summed E-state index contributed by atoms with van der Waals surface area (Å²) in [5.74, 6) is -0.426. The van der Waals surface area contributed by atoms with Gasteiger partial charge in [0.05, 0.1) is 23.7 Å². The molecule has 3 aromatic rings. The van der Waals surface area contributed by atoms with E-state index in [2.05, 4.69) is 5.32 Å². The summed E-state index contributed by atoms with van der Waals surface area (Å²) in [5, 5.41) is 2.50. The zero-order valence-electron chi connectivity index (χ0n) is 17.4. The maximum atomic E-state index is 13.4. The first-order chi connectivity index (χ1) is 15.2. The average molecular weight is 499 g/mol. The fraction of sp³-hybridized carbons (Fsp3) is 0.190. The number of hydrogen-bond donors (Lipinski definition) is 1. The molecule has 0 fully saturated rings. The minimum absolute atomic E-state index is 0.116. The van der Waals surface area contributed by atoms with Gasteiger partial charge in [0.2, 0.25) is 0 Å². The molecule has 0 aliphatic heterocycles. The Morgan fingerprint density at radius 3 is 2.59 bits per heavy atom. The molecule has 170 valence electrons. The Labute approximate surface area is 194 Å². The largest absolute Gasteiger partial charge is 0.493 e. The van der Waals surface area contributed by atoms with E-state index in [0.29, 0.717) is 23.8 Å². The summed E-state index contributed by atoms with van der Waals surface area (Å²) in [5.41, 5.74) is 0.483. The predicted octanol–water partition coefficient (Wildman–Crippen LogP) is 5.03. The molecule has 0 aliphatic carbocycles. The summed E-state index contributed by atoms with van der Waals surface area (Å²) in [4.78, 5) is 12.4. The number of amides is 1. The summed E-state index contributed by atoms with van der Waals surface area (Å²) >= 11 is 6.87. The summed E-state index contributed by atoms with van der Waals surface area (Å²) in [6.45, 7) is 2.24. The Balaban J connectivity index is 1.96. The van der Waals surface area contributed by atoms with Crippen molar-refractivity contribution in [2.45, 2.75) is 11.8 Å². The Morgan fingerprint density at radius 1 is 1.19 bits per heavy atom. The number of ether oxygens (including phenoxy) is 2. The van der Waals surface area contributed by atoms with Crippen LogP contribution in [-0.4, -0.2) is 35.1 Å². The van der Waals surface area contributed by atoms with Crippen molar-refractivity contribution >= 4 is 50.2 Å². The molecule has 1 amide bonds. The molecule has 0 saturated heterocycles. The topological polar surface area (TPSA) is 84.9 Å². The van der Waals surface area contributed by atoms with E-state index < -0.39 is 21.7 Å². The third-order valence-corrected chi connectivity index (χ3v) is 7.61. The van der Waals surface area contributed by atoms with Crippen LogP contribution >= 0.6 is 22.9 Å². The zero-order valence-corrected chi connectivity index (χ0v) is 19.8. The van der Waals surface area contributed by atoms with Crippen molar-refractivity contribution in [1.82, 2.24) is 0 Å². The summed E-state index contributed by atoms with van der Waals surface area (Å²) in [6, 6.07) is 11.2. The molecule has 0 spiro atoms. The van der Waals surface area contributed by atoms with Crippen LogP contribution in [0.25, 0.3) is 0 Å². The Bertz CT molecular complexity index is 1250. The molecule has 1 N–H and O–H groups in total. The van der Waals surface area contributed by atoms with Crippen molar-refractivity contribution in [3.8, 4) is 11.5 Å². The minimum atomic E-state index is -4.17. The normalized spacial score (nSPS) is 11.2. The van der Waals surface area contributed by atoms with Crippen molar-refractivity contribution in [2.24, 2.45) is 0 Å². The van der Waals surface area contributed by atoms with Gasteiger partial charge in [-0.05, 0) is 43.3 Å². The highest BCUT2D eigenvalue weighted by atomic mass is 35.5. The number of benzene rings is 2. The lowest BCUT2D eigenvalue weighted by atomic mass is 10.3. The summed E-state index contributed by atoms with van der Waals surface area (Å²) in [6.07, 6.45) is 0. The standard InChI is InChI=1S/C21H20ClFN2O5S2/c1-4-30-16-9-8-15(11-17(16)29-3)25(2)32(27,28)18-12-19(22)31-20(18)21(26)24-14-7-5-6-13(23)10-14/h5-12H,4H2,1-3H3,(H,24,26). The highest BCUT2D eigenvalue weighted by Crippen LogP contribution is 2.36. The second-order valence-corrected chi connectivity index (χ2v) is 10.1. The third-order valence-electron chi connectivity index (χ3n) is 4.41. The number of sulfonamides is 1. The first-order valence-corrected chi connectivity index (χ1v) is 12.0. The van der Waals surface area contributed by atoms with Crippen LogP contribution in [0.15, 0.2) is 53.4 Å². The van der Waals surface area contributed by atoms with Crippen LogP contribution < -0.4 is 19.1 Å². The molecule has 7 nitrogen and oxygen atoms in total. The van der Waals surface area contributed by atoms with Gasteiger partial charge < -0.3 is 14.8 Å². The van der Waals surface area contributed by atoms with Gasteiger partial charge in [-0.3, -0.25) is 9.10 Å². The molecule has 3 rings (SSSR count). The quantitative estimate of drug-likeness (QED) is 0.471. The van der Waals surface area contributed by atoms with Crippen molar-refractivity contribution in [2.75, 3.05) is 30.4 Å². The molecule has 0 unspecified atom stereocenters. The molecular formula is C21H20ClFN2O5S2. The fourth-order valence-corrected chi connectivity index (χ4v) is 5.74. The van der Waals surface area contributed by atoms with Crippen LogP contribution in [0, 0.1) is 5.82 Å². The maximum absolute atomic E-state index is 13.4. The number of nitrogens with zero attached hydrogens (tertiary/aromatic N) is 1. The third kappa shape index (κ3) is 4.98. The minimum Gasteiger partial charge on any atom is -0.493 e. The van der Waals surface area contributed by atoms with Gasteiger partial charge in [-0.2, -0.15) is 0 Å². The number of halogens is 2. The van der Waals surface area contributed by atoms with Gasteiger partial charge >= 0.3 is 0 Å². The van der Waals surface area contributed by atoms with Gasteiger partial charge in [-0.25, -0.2) is 12.8 Å². The lowest BCUT2D eigenvalue weighted by Crippen LogP contribution is -2.28. The second-order valence-electron chi connectivity index (χ2n) is 6.45. The van der Waals surface area contributed by atoms with E-state index in [9.17, 15) is 17.6 Å². The highest BCUT2D eigenvalue weighted by Gasteiger charge is 2.30. The van der Waals surface area contributed by atoms with E-state index >= 15 is 0 Å². The molecule has 0 aliphatic rings. The first kappa shape index (κ1) is 23.8. The van der Waals surface area contributed by atoms with Crippen molar-refractivity contribution < 1.29 is 27.1 Å². The van der Waals surface area contributed by atoms with Gasteiger partial charge in [0.15, 0.2) is 11.5 Å². The molecule has 0 atom stereocenters. The molecular weight excluding hydrogens is 479 g/mol. The summed E-state index contributed by atoms with van der Waals surface area (Å²) < 4.78 is 52.0. The molecule has 32 heavy (non-hydrogen) atoms. The summed E-state index contributed by atoms with van der Waals surface area (Å²) in [7, 11) is -1.37. The molecule has 1 aromatic heterocycles. The van der Waals surface area contributed by atoms with Crippen molar-refractivity contribution in [3.63, 3.8) is 0 Å². The van der Waals surface area contributed by atoms with Gasteiger partial charge in [-0.1, -0.05) is 17.7 Å². The highest BCUT2D eigenvalue weighted by molar-refractivity contribution is 7.93. The number of carbonyl (C=O) groups excluding carboxylic acids is 1. The van der Waals surface area contributed by atoms with Crippen molar-refractivity contribution in [3.05, 3.63) is 63.6 Å². The van der Waals surface area contributed by atoms with Crippen LogP contribution in [0.3, 0.4) is 0 Å². The van der Waals surface area contributed by atoms with E-state index in [-0.39, 0.29) is 19.8 Å². The number of hydrogen-bond acceptors (Lipinski definition) is 6. The number of nitrogens with one attached hydrogen (secondary N) is 1. The number of anilines is 2. The molecule has 0 bridgehead atoms. The van der Waals surface area contributed by atoms with Gasteiger partial charge in [0, 0.05) is 18.8 Å².